The monoisotopic (exact) mass is 590 g/mol. The molecule has 0 spiro atoms. The number of benzene rings is 2. The Morgan fingerprint density at radius 1 is 1.00 bits per heavy atom. The van der Waals surface area contributed by atoms with Crippen LogP contribution in [0.3, 0.4) is 0 Å². The fourth-order valence-corrected chi connectivity index (χ4v) is 4.59. The summed E-state index contributed by atoms with van der Waals surface area (Å²) in [6.07, 6.45) is 9.15. The van der Waals surface area contributed by atoms with Crippen LogP contribution < -0.4 is 16.4 Å². The van der Waals surface area contributed by atoms with Crippen molar-refractivity contribution in [2.24, 2.45) is 5.73 Å². The number of nitrogens with zero attached hydrogens (tertiary/aromatic N) is 1. The van der Waals surface area contributed by atoms with Gasteiger partial charge in [-0.1, -0.05) is 68.9 Å². The Kier molecular flexibility index (Phi) is 13.8. The highest BCUT2D eigenvalue weighted by Gasteiger charge is 2.36. The molecule has 9 heteroatoms. The van der Waals surface area contributed by atoms with Gasteiger partial charge >= 0.3 is 6.09 Å². The van der Waals surface area contributed by atoms with Crippen LogP contribution in [0, 0.1) is 19.3 Å². The molecule has 9 nitrogen and oxygen atoms in total. The minimum Gasteiger partial charge on any atom is -0.444 e. The molecule has 0 radical (unpaired) electrons. The maximum atomic E-state index is 14.3. The zero-order valence-electron chi connectivity index (χ0n) is 26.1. The fourth-order valence-electron chi connectivity index (χ4n) is 4.59. The molecule has 2 atom stereocenters. The van der Waals surface area contributed by atoms with E-state index < -0.39 is 41.5 Å². The first kappa shape index (κ1) is 34.9. The van der Waals surface area contributed by atoms with Crippen molar-refractivity contribution in [3.63, 3.8) is 0 Å². The van der Waals surface area contributed by atoms with E-state index in [2.05, 4.69) is 23.5 Å². The Balaban J connectivity index is 2.57. The number of primary amides is 1. The van der Waals surface area contributed by atoms with E-state index in [0.29, 0.717) is 23.2 Å². The summed E-state index contributed by atoms with van der Waals surface area (Å²) in [5, 5.41) is 5.61. The van der Waals surface area contributed by atoms with Crippen molar-refractivity contribution in [1.29, 1.82) is 0 Å². The number of ether oxygens (including phenoxy) is 1. The van der Waals surface area contributed by atoms with E-state index in [4.69, 9.17) is 16.9 Å². The summed E-state index contributed by atoms with van der Waals surface area (Å²) in [4.78, 5) is 54.4. The third-order valence-electron chi connectivity index (χ3n) is 6.81. The second-order valence-corrected chi connectivity index (χ2v) is 11.6. The number of carbonyl (C=O) groups excluding carboxylic acids is 4. The Bertz CT molecular complexity index is 1280. The molecule has 0 saturated heterocycles. The molecule has 0 saturated carbocycles. The fraction of sp³-hybridized carbons (Fsp3) is 0.471. The van der Waals surface area contributed by atoms with Gasteiger partial charge in [-0.15, -0.1) is 6.42 Å². The predicted octanol–water partition coefficient (Wildman–Crippen LogP) is 5.61. The van der Waals surface area contributed by atoms with Crippen molar-refractivity contribution in [3.05, 3.63) is 65.2 Å². The van der Waals surface area contributed by atoms with Gasteiger partial charge in [0.25, 0.3) is 5.91 Å². The lowest BCUT2D eigenvalue weighted by Gasteiger charge is -2.34. The first-order valence-electron chi connectivity index (χ1n) is 14.9. The van der Waals surface area contributed by atoms with Crippen LogP contribution in [0.25, 0.3) is 0 Å². The molecule has 232 valence electrons. The minimum absolute atomic E-state index is 0.0537. The summed E-state index contributed by atoms with van der Waals surface area (Å²) < 4.78 is 5.41. The number of para-hydroxylation sites is 1. The third kappa shape index (κ3) is 11.8. The van der Waals surface area contributed by atoms with Gasteiger partial charge in [-0.05, 0) is 69.9 Å². The Labute approximate surface area is 255 Å². The zero-order valence-corrected chi connectivity index (χ0v) is 26.1. The van der Waals surface area contributed by atoms with Crippen LogP contribution in [0.4, 0.5) is 10.5 Å². The number of amides is 4. The SMILES string of the molecule is C#Cc1ccc(C(C(=O)Nc2ccccc2C)N(CCCCCCC)C(=O)C(CCC(N)=O)NC(=O)OC(C)(C)C)cc1. The van der Waals surface area contributed by atoms with E-state index in [0.717, 1.165) is 31.2 Å². The molecule has 4 amide bonds. The first-order chi connectivity index (χ1) is 20.4. The summed E-state index contributed by atoms with van der Waals surface area (Å²) in [6, 6.07) is 12.1. The lowest BCUT2D eigenvalue weighted by atomic mass is 9.99. The quantitative estimate of drug-likeness (QED) is 0.183. The van der Waals surface area contributed by atoms with Gasteiger partial charge in [0.15, 0.2) is 0 Å². The van der Waals surface area contributed by atoms with Crippen LogP contribution in [0.5, 0.6) is 0 Å². The van der Waals surface area contributed by atoms with Crippen molar-refractivity contribution in [2.45, 2.75) is 97.2 Å². The summed E-state index contributed by atoms with van der Waals surface area (Å²) in [6.45, 7) is 9.37. The number of nitrogens with one attached hydrogen (secondary N) is 2. The van der Waals surface area contributed by atoms with Gasteiger partial charge in [-0.25, -0.2) is 4.79 Å². The van der Waals surface area contributed by atoms with Crippen LogP contribution >= 0.6 is 0 Å². The lowest BCUT2D eigenvalue weighted by molar-refractivity contribution is -0.141. The molecule has 0 bridgehead atoms. The number of hydrogen-bond acceptors (Lipinski definition) is 5. The van der Waals surface area contributed by atoms with Crippen LogP contribution in [-0.4, -0.2) is 46.9 Å². The second kappa shape index (κ2) is 17.0. The highest BCUT2D eigenvalue weighted by molar-refractivity contribution is 5.99. The number of nitrogens with two attached hydrogens (primary N) is 1. The van der Waals surface area contributed by atoms with Gasteiger partial charge in [0.2, 0.25) is 11.8 Å². The number of rotatable bonds is 15. The number of hydrogen-bond donors (Lipinski definition) is 3. The molecule has 0 fully saturated rings. The molecule has 2 aromatic rings. The summed E-state index contributed by atoms with van der Waals surface area (Å²) >= 11 is 0. The van der Waals surface area contributed by atoms with E-state index in [1.54, 1.807) is 51.1 Å². The highest BCUT2D eigenvalue weighted by Crippen LogP contribution is 2.27. The molecule has 0 aliphatic heterocycles. The normalized spacial score (nSPS) is 12.4. The van der Waals surface area contributed by atoms with Crippen LogP contribution in [0.2, 0.25) is 0 Å². The van der Waals surface area contributed by atoms with E-state index >= 15 is 0 Å². The molecule has 0 aromatic heterocycles. The standard InChI is InChI=1S/C34H46N4O5/c1-7-9-10-11-14-23-38(32(41)28(21-22-29(35)39)37-33(42)43-34(4,5)6)30(26-19-17-25(8-2)18-20-26)31(40)36-27-16-13-12-15-24(27)3/h2,12-13,15-20,28,30H,7,9-11,14,21-23H2,1,3-6H3,(H2,35,39)(H,36,40)(H,37,42). The Hall–Kier alpha value is -4.32. The average molecular weight is 591 g/mol. The molecular weight excluding hydrogens is 544 g/mol. The number of unbranched alkanes of at least 4 members (excludes halogenated alkanes) is 4. The van der Waals surface area contributed by atoms with Crippen molar-refractivity contribution in [1.82, 2.24) is 10.2 Å². The Morgan fingerprint density at radius 2 is 1.65 bits per heavy atom. The van der Waals surface area contributed by atoms with Crippen molar-refractivity contribution >= 4 is 29.5 Å². The second-order valence-electron chi connectivity index (χ2n) is 11.6. The van der Waals surface area contributed by atoms with E-state index in [-0.39, 0.29) is 19.4 Å². The van der Waals surface area contributed by atoms with Crippen LogP contribution in [0.15, 0.2) is 48.5 Å². The van der Waals surface area contributed by atoms with E-state index in [9.17, 15) is 19.2 Å². The molecule has 2 aromatic carbocycles. The maximum absolute atomic E-state index is 14.3. The third-order valence-corrected chi connectivity index (χ3v) is 6.81. The van der Waals surface area contributed by atoms with Gasteiger partial charge in [-0.2, -0.15) is 0 Å². The van der Waals surface area contributed by atoms with E-state index in [1.807, 2.05) is 25.1 Å². The van der Waals surface area contributed by atoms with Gasteiger partial charge < -0.3 is 26.0 Å². The molecule has 0 aliphatic carbocycles. The number of alkyl carbamates (subject to hydrolysis) is 1. The largest absolute Gasteiger partial charge is 0.444 e. The van der Waals surface area contributed by atoms with Crippen molar-refractivity contribution in [3.8, 4) is 12.3 Å². The number of terminal acetylenes is 1. The molecule has 43 heavy (non-hydrogen) atoms. The summed E-state index contributed by atoms with van der Waals surface area (Å²) in [7, 11) is 0. The predicted molar refractivity (Wildman–Crippen MR) is 169 cm³/mol. The zero-order chi connectivity index (χ0) is 32.0. The molecular formula is C34H46N4O5. The lowest BCUT2D eigenvalue weighted by Crippen LogP contribution is -2.52. The highest BCUT2D eigenvalue weighted by atomic mass is 16.6. The topological polar surface area (TPSA) is 131 Å². The number of anilines is 1. The molecule has 0 aliphatic rings. The number of aryl methyl sites for hydroxylation is 1. The maximum Gasteiger partial charge on any atom is 0.408 e. The summed E-state index contributed by atoms with van der Waals surface area (Å²) in [5.74, 6) is 1.02. The molecule has 4 N–H and O–H groups in total. The summed E-state index contributed by atoms with van der Waals surface area (Å²) in [5.41, 5.74) is 7.27. The Morgan fingerprint density at radius 3 is 2.23 bits per heavy atom. The van der Waals surface area contributed by atoms with Gasteiger partial charge in [0, 0.05) is 24.2 Å². The van der Waals surface area contributed by atoms with Crippen molar-refractivity contribution in [2.75, 3.05) is 11.9 Å². The first-order valence-corrected chi connectivity index (χ1v) is 14.9. The molecule has 2 rings (SSSR count). The van der Waals surface area contributed by atoms with Gasteiger partial charge in [-0.3, -0.25) is 14.4 Å². The minimum atomic E-state index is -1.16. The number of carbonyl (C=O) groups is 4. The van der Waals surface area contributed by atoms with Gasteiger partial charge in [0.1, 0.15) is 17.7 Å². The molecule has 2 unspecified atom stereocenters. The molecule has 0 heterocycles. The van der Waals surface area contributed by atoms with Crippen molar-refractivity contribution < 1.29 is 23.9 Å². The smallest absolute Gasteiger partial charge is 0.408 e. The van der Waals surface area contributed by atoms with Crippen LogP contribution in [-0.2, 0) is 19.1 Å². The average Bonchev–Trinajstić information content (AvgIpc) is 2.94. The van der Waals surface area contributed by atoms with Crippen LogP contribution in [0.1, 0.15) is 95.4 Å². The van der Waals surface area contributed by atoms with E-state index in [1.165, 1.54) is 4.90 Å². The van der Waals surface area contributed by atoms with Gasteiger partial charge in [0.05, 0.1) is 0 Å².